The minimum Gasteiger partial charge on any atom is -0.255 e. The second-order valence-corrected chi connectivity index (χ2v) is 21.3. The molecular weight excluding hydrogens is 1230 g/mol. The fourth-order valence-electron chi connectivity index (χ4n) is 5.66. The zero-order valence-electron chi connectivity index (χ0n) is 40.5. The van der Waals surface area contributed by atoms with Crippen LogP contribution in [0.5, 0.6) is 0 Å². The van der Waals surface area contributed by atoms with Crippen LogP contribution in [0.3, 0.4) is 0 Å². The van der Waals surface area contributed by atoms with Crippen molar-refractivity contribution in [2.24, 2.45) is 0 Å². The summed E-state index contributed by atoms with van der Waals surface area (Å²) < 4.78 is 118. The van der Waals surface area contributed by atoms with Crippen LogP contribution in [0.25, 0.3) is 45.6 Å². The number of hydrogen-bond donors (Lipinski definition) is 2. The van der Waals surface area contributed by atoms with E-state index in [0.29, 0.717) is 0 Å². The number of nitrogens with one attached hydrogen (secondary N) is 2. The fourth-order valence-corrected chi connectivity index (χ4v) is 6.53. The quantitative estimate of drug-likeness (QED) is 0.0470. The molecule has 2 N–H and O–H groups in total. The van der Waals surface area contributed by atoms with E-state index < -0.39 is 15.6 Å². The van der Waals surface area contributed by atoms with Crippen molar-refractivity contribution < 1.29 is 87.0 Å². The predicted molar refractivity (Wildman–Crippen MR) is 272 cm³/mol. The SMILES string of the molecule is Cc1ccnc(-c2cc(NCCC[CH2][Ru+])ccn2)c1.Cc1ccnc(-c2cc(NCCC[CH2][Ru+])ccn2)c1.F[P-](F)(F)(F)(F)F.F[P-](F)(F)(F)(F)F.c1ccc(-c2ccccn2)nc1.c1ccc(-c2ccccn2)nc1. The standard InChI is InChI=1S/2C15H18N3.2C10H8N2.2F6P.2Ru/c2*1-3-4-7-16-13-6-9-18-15(11-13)14-10-12(2)5-8-17-14;2*1-3-7-11-9(5-1)10-6-2-4-8-12-10;2*1-7(2,3,4,5)6;;/h2*5-6,8-11H,1,3-4,7H2,2H3,(H,16,18);2*1-8H;;;;/q;;;;2*-1;2*+1. The van der Waals surface area contributed by atoms with Crippen molar-refractivity contribution in [3.05, 3.63) is 182 Å². The molecule has 0 atom stereocenters. The Morgan fingerprint density at radius 2 is 0.579 bits per heavy atom. The molecule has 10 nitrogen and oxygen atoms in total. The third-order valence-corrected chi connectivity index (χ3v) is 10.1. The summed E-state index contributed by atoms with van der Waals surface area (Å²) in [6.07, 6.45) is 19.2. The van der Waals surface area contributed by atoms with Gasteiger partial charge in [0.2, 0.25) is 0 Å². The maximum absolute atomic E-state index is 10.7. The molecule has 76 heavy (non-hydrogen) atoms. The molecular formula is C50H52F12N10P2Ru2. The normalized spacial score (nSPS) is 12.5. The van der Waals surface area contributed by atoms with Gasteiger partial charge in [-0.3, -0.25) is 19.9 Å². The van der Waals surface area contributed by atoms with Crippen LogP contribution in [-0.2, 0) is 36.6 Å². The molecule has 0 spiro atoms. The minimum absolute atomic E-state index is 0.915. The van der Waals surface area contributed by atoms with Gasteiger partial charge in [0.25, 0.3) is 0 Å². The summed E-state index contributed by atoms with van der Waals surface area (Å²) in [6.45, 7) is 6.13. The Balaban J connectivity index is 0.000000250. The Morgan fingerprint density at radius 3 is 0.816 bits per heavy atom. The van der Waals surface area contributed by atoms with E-state index in [1.807, 2.05) is 122 Å². The molecule has 0 radical (unpaired) electrons. The summed E-state index contributed by atoms with van der Waals surface area (Å²) in [7, 11) is -21.3. The molecule has 8 heterocycles. The monoisotopic (exact) mass is 1290 g/mol. The Hall–Kier alpha value is -5.93. The first-order valence-electron chi connectivity index (χ1n) is 22.5. The molecule has 8 aromatic heterocycles. The number of halogens is 12. The van der Waals surface area contributed by atoms with Crippen molar-refractivity contribution in [2.75, 3.05) is 23.7 Å². The van der Waals surface area contributed by atoms with Crippen molar-refractivity contribution in [1.29, 1.82) is 0 Å². The molecule has 0 unspecified atom stereocenters. The van der Waals surface area contributed by atoms with Crippen molar-refractivity contribution in [3.8, 4) is 45.6 Å². The molecule has 0 aliphatic heterocycles. The predicted octanol–water partition coefficient (Wildman–Crippen LogP) is 18.3. The molecule has 0 bridgehead atoms. The molecule has 0 saturated carbocycles. The van der Waals surface area contributed by atoms with Gasteiger partial charge < -0.3 is 0 Å². The third kappa shape index (κ3) is 34.6. The van der Waals surface area contributed by atoms with E-state index in [2.05, 4.69) is 125 Å². The summed E-state index contributed by atoms with van der Waals surface area (Å²) in [5.41, 5.74) is 12.0. The molecule has 0 aromatic carbocycles. The second kappa shape index (κ2) is 28.4. The van der Waals surface area contributed by atoms with Crippen LogP contribution in [0, 0.1) is 13.8 Å². The zero-order valence-corrected chi connectivity index (χ0v) is 45.8. The molecule has 0 fully saturated rings. The van der Waals surface area contributed by atoms with Gasteiger partial charge in [0.1, 0.15) is 0 Å². The van der Waals surface area contributed by atoms with Crippen LogP contribution in [0.4, 0.5) is 61.7 Å². The smallest absolute Gasteiger partial charge is 0.0886 e. The number of anilines is 2. The number of aryl methyl sites for hydroxylation is 2. The first kappa shape index (κ1) is 64.4. The molecule has 8 aromatic rings. The summed E-state index contributed by atoms with van der Waals surface area (Å²) >= 11 is 5.35. The van der Waals surface area contributed by atoms with Crippen LogP contribution in [-0.4, -0.2) is 53.0 Å². The number of pyridine rings is 8. The van der Waals surface area contributed by atoms with Gasteiger partial charge in [-0.2, -0.15) is 0 Å². The zero-order chi connectivity index (χ0) is 56.3. The number of unbranched alkanes of at least 4 members (excludes halogenated alkanes) is 2. The number of aromatic nitrogens is 8. The van der Waals surface area contributed by atoms with Crippen LogP contribution in [0.1, 0.15) is 36.8 Å². The van der Waals surface area contributed by atoms with Crippen molar-refractivity contribution in [2.45, 2.75) is 49.6 Å². The average molecular weight is 1290 g/mol. The molecule has 8 rings (SSSR count). The van der Waals surface area contributed by atoms with Gasteiger partial charge in [-0.15, -0.1) is 0 Å². The van der Waals surface area contributed by atoms with E-state index in [1.165, 1.54) is 46.8 Å². The number of nitrogens with zero attached hydrogens (tertiary/aromatic N) is 8. The van der Waals surface area contributed by atoms with E-state index in [1.54, 1.807) is 24.8 Å². The maximum atomic E-state index is 9.87. The minimum atomic E-state index is -10.7. The third-order valence-electron chi connectivity index (χ3n) is 8.82. The molecule has 0 aliphatic carbocycles. The van der Waals surface area contributed by atoms with Gasteiger partial charge in [0, 0.05) is 24.8 Å². The van der Waals surface area contributed by atoms with Crippen LogP contribution in [0.2, 0.25) is 10.0 Å². The van der Waals surface area contributed by atoms with Gasteiger partial charge in [-0.25, -0.2) is 0 Å². The van der Waals surface area contributed by atoms with Gasteiger partial charge in [0.15, 0.2) is 0 Å². The molecule has 0 saturated heterocycles. The van der Waals surface area contributed by atoms with Crippen LogP contribution < -0.4 is 10.6 Å². The summed E-state index contributed by atoms with van der Waals surface area (Å²) in [6, 6.07) is 39.4. The number of hydrogen-bond acceptors (Lipinski definition) is 10. The Labute approximate surface area is 452 Å². The largest absolute Gasteiger partial charge is 0.255 e. The fraction of sp³-hybridized carbons (Fsp3) is 0.200. The first-order chi connectivity index (χ1) is 35.4. The second-order valence-electron chi connectivity index (χ2n) is 15.7. The van der Waals surface area contributed by atoms with E-state index >= 15 is 0 Å². The van der Waals surface area contributed by atoms with Gasteiger partial charge in [-0.1, -0.05) is 24.3 Å². The van der Waals surface area contributed by atoms with Gasteiger partial charge in [0.05, 0.1) is 22.8 Å². The van der Waals surface area contributed by atoms with E-state index in [0.717, 1.165) is 70.0 Å². The Bertz CT molecular complexity index is 2630. The average Bonchev–Trinajstić information content (AvgIpc) is 3.37. The van der Waals surface area contributed by atoms with Crippen LogP contribution in [0.15, 0.2) is 171 Å². The molecule has 412 valence electrons. The summed E-state index contributed by atoms with van der Waals surface area (Å²) in [5, 5.41) is 9.21. The van der Waals surface area contributed by atoms with Crippen molar-refractivity contribution >= 4 is 27.0 Å². The summed E-state index contributed by atoms with van der Waals surface area (Å²) in [4.78, 5) is 34.3. The van der Waals surface area contributed by atoms with E-state index in [9.17, 15) is 50.4 Å². The number of rotatable bonds is 14. The van der Waals surface area contributed by atoms with Crippen molar-refractivity contribution in [1.82, 2.24) is 39.9 Å². The van der Waals surface area contributed by atoms with Gasteiger partial charge >= 0.3 is 314 Å². The maximum Gasteiger partial charge on any atom is 0.0886 e. The molecule has 26 heteroatoms. The van der Waals surface area contributed by atoms with Crippen molar-refractivity contribution in [3.63, 3.8) is 0 Å². The first-order valence-corrected chi connectivity index (χ1v) is 29.1. The van der Waals surface area contributed by atoms with Gasteiger partial charge in [-0.05, 0) is 48.5 Å². The topological polar surface area (TPSA) is 127 Å². The Kier molecular flexibility index (Phi) is 24.1. The van der Waals surface area contributed by atoms with Crippen LogP contribution >= 0.6 is 15.6 Å². The Morgan fingerprint density at radius 1 is 0.329 bits per heavy atom. The van der Waals surface area contributed by atoms with E-state index in [-0.39, 0.29) is 0 Å². The summed E-state index contributed by atoms with van der Waals surface area (Å²) in [5.74, 6) is 0. The molecule has 0 aliphatic rings. The molecule has 0 amide bonds. The van der Waals surface area contributed by atoms with E-state index in [4.69, 9.17) is 0 Å².